The van der Waals surface area contributed by atoms with Gasteiger partial charge in [-0.05, 0) is 12.3 Å². The van der Waals surface area contributed by atoms with E-state index < -0.39 is 0 Å². The maximum Gasteiger partial charge on any atom is 0.232 e. The lowest BCUT2D eigenvalue weighted by molar-refractivity contribution is -0.153. The molecule has 1 aliphatic rings. The zero-order valence-electron chi connectivity index (χ0n) is 10.9. The van der Waals surface area contributed by atoms with Crippen LogP contribution in [0.2, 0.25) is 0 Å². The van der Waals surface area contributed by atoms with Gasteiger partial charge in [0.1, 0.15) is 0 Å². The van der Waals surface area contributed by atoms with Gasteiger partial charge < -0.3 is 0 Å². The number of unbranched alkanes of at least 4 members (excludes halogenated alkanes) is 2. The fraction of sp³-hybridized carbons (Fsp3) is 0.714. The zero-order valence-corrected chi connectivity index (χ0v) is 10.9. The normalized spacial score (nSPS) is 25.2. The number of piperidine rings is 1. The summed E-state index contributed by atoms with van der Waals surface area (Å²) in [6, 6.07) is 0. The third-order valence-corrected chi connectivity index (χ3v) is 3.50. The van der Waals surface area contributed by atoms with Gasteiger partial charge in [0.25, 0.3) is 0 Å². The summed E-state index contributed by atoms with van der Waals surface area (Å²) in [5.74, 6) is 0.172. The fourth-order valence-corrected chi connectivity index (χ4v) is 2.44. The first kappa shape index (κ1) is 13.9. The summed E-state index contributed by atoms with van der Waals surface area (Å²) in [6.07, 6.45) is 6.42. The molecule has 1 fully saturated rings. The van der Waals surface area contributed by atoms with E-state index in [4.69, 9.17) is 0 Å². The van der Waals surface area contributed by atoms with Crippen LogP contribution in [0, 0.1) is 11.8 Å². The van der Waals surface area contributed by atoms with Crippen LogP contribution in [0.25, 0.3) is 0 Å². The van der Waals surface area contributed by atoms with Crippen molar-refractivity contribution < 1.29 is 9.59 Å². The van der Waals surface area contributed by atoms with Gasteiger partial charge in [-0.1, -0.05) is 39.2 Å². The Morgan fingerprint density at radius 3 is 2.71 bits per heavy atom. The molecule has 96 valence electrons. The van der Waals surface area contributed by atoms with Gasteiger partial charge in [0.2, 0.25) is 11.8 Å². The molecule has 3 heteroatoms. The van der Waals surface area contributed by atoms with Gasteiger partial charge in [-0.25, -0.2) is 0 Å². The summed E-state index contributed by atoms with van der Waals surface area (Å²) in [5.41, 5.74) is 0. The van der Waals surface area contributed by atoms with Crippen molar-refractivity contribution in [1.29, 1.82) is 0 Å². The lowest BCUT2D eigenvalue weighted by atomic mass is 9.82. The fourth-order valence-electron chi connectivity index (χ4n) is 2.44. The van der Waals surface area contributed by atoms with Crippen molar-refractivity contribution in [3.8, 4) is 0 Å². The zero-order chi connectivity index (χ0) is 12.8. The number of carbonyl (C=O) groups excluding carboxylic acids is 2. The number of likely N-dealkylation sites (tertiary alicyclic amines) is 1. The summed E-state index contributed by atoms with van der Waals surface area (Å²) < 4.78 is 0. The van der Waals surface area contributed by atoms with Crippen molar-refractivity contribution >= 4 is 11.8 Å². The molecule has 17 heavy (non-hydrogen) atoms. The van der Waals surface area contributed by atoms with Crippen LogP contribution in [0.5, 0.6) is 0 Å². The van der Waals surface area contributed by atoms with E-state index in [0.29, 0.717) is 13.0 Å². The van der Waals surface area contributed by atoms with E-state index in [-0.39, 0.29) is 23.7 Å². The maximum absolute atomic E-state index is 12.2. The Hall–Kier alpha value is -1.12. The Morgan fingerprint density at radius 1 is 1.41 bits per heavy atom. The second kappa shape index (κ2) is 6.58. The molecule has 0 aliphatic carbocycles. The van der Waals surface area contributed by atoms with Gasteiger partial charge in [0.15, 0.2) is 0 Å². The number of nitrogens with zero attached hydrogens (tertiary/aromatic N) is 1. The molecular weight excluding hydrogens is 214 g/mol. The Balaban J connectivity index is 2.65. The van der Waals surface area contributed by atoms with E-state index in [1.807, 2.05) is 6.92 Å². The molecular formula is C14H23NO2. The number of hydrogen-bond donors (Lipinski definition) is 0. The minimum absolute atomic E-state index is 0.00440. The summed E-state index contributed by atoms with van der Waals surface area (Å²) in [5, 5.41) is 0. The Bertz CT molecular complexity index is 299. The molecule has 0 aromatic heterocycles. The second-order valence-electron chi connectivity index (χ2n) is 4.91. The van der Waals surface area contributed by atoms with Crippen molar-refractivity contribution in [2.75, 3.05) is 6.54 Å². The lowest BCUT2D eigenvalue weighted by Gasteiger charge is -2.34. The topological polar surface area (TPSA) is 37.4 Å². The van der Waals surface area contributed by atoms with Crippen molar-refractivity contribution in [2.45, 2.75) is 46.0 Å². The van der Waals surface area contributed by atoms with E-state index in [1.54, 1.807) is 6.08 Å². The van der Waals surface area contributed by atoms with Gasteiger partial charge in [-0.15, -0.1) is 6.58 Å². The molecule has 2 amide bonds. The molecule has 0 spiro atoms. The predicted molar refractivity (Wildman–Crippen MR) is 68.3 cm³/mol. The third kappa shape index (κ3) is 3.42. The maximum atomic E-state index is 12.2. The number of carbonyl (C=O) groups is 2. The highest BCUT2D eigenvalue weighted by Crippen LogP contribution is 2.29. The van der Waals surface area contributed by atoms with E-state index in [9.17, 15) is 9.59 Å². The molecule has 0 radical (unpaired) electrons. The molecule has 2 unspecified atom stereocenters. The molecule has 1 rings (SSSR count). The Labute approximate surface area is 104 Å². The highest BCUT2D eigenvalue weighted by atomic mass is 16.2. The summed E-state index contributed by atoms with van der Waals surface area (Å²) >= 11 is 0. The number of rotatable bonds is 6. The average molecular weight is 237 g/mol. The van der Waals surface area contributed by atoms with Crippen LogP contribution in [-0.4, -0.2) is 23.3 Å². The largest absolute Gasteiger partial charge is 0.279 e. The third-order valence-electron chi connectivity index (χ3n) is 3.50. The molecule has 1 saturated heterocycles. The Kier molecular flexibility index (Phi) is 5.39. The summed E-state index contributed by atoms with van der Waals surface area (Å²) in [4.78, 5) is 25.3. The first-order chi connectivity index (χ1) is 8.11. The van der Waals surface area contributed by atoms with Gasteiger partial charge in [-0.3, -0.25) is 14.5 Å². The monoisotopic (exact) mass is 237 g/mol. The van der Waals surface area contributed by atoms with E-state index in [0.717, 1.165) is 25.7 Å². The number of imide groups is 1. The molecule has 2 atom stereocenters. The van der Waals surface area contributed by atoms with Crippen LogP contribution >= 0.6 is 0 Å². The molecule has 1 heterocycles. The van der Waals surface area contributed by atoms with Gasteiger partial charge >= 0.3 is 0 Å². The van der Waals surface area contributed by atoms with Crippen molar-refractivity contribution in [3.63, 3.8) is 0 Å². The first-order valence-electron chi connectivity index (χ1n) is 6.56. The van der Waals surface area contributed by atoms with E-state index in [2.05, 4.69) is 13.5 Å². The van der Waals surface area contributed by atoms with Crippen molar-refractivity contribution in [3.05, 3.63) is 12.7 Å². The minimum atomic E-state index is -0.0471. The minimum Gasteiger partial charge on any atom is -0.279 e. The highest BCUT2D eigenvalue weighted by Gasteiger charge is 2.37. The molecule has 0 bridgehead atoms. The predicted octanol–water partition coefficient (Wildman–Crippen LogP) is 2.76. The molecule has 3 nitrogen and oxygen atoms in total. The van der Waals surface area contributed by atoms with Crippen LogP contribution in [0.1, 0.15) is 46.0 Å². The summed E-state index contributed by atoms with van der Waals surface area (Å²) in [7, 11) is 0. The lowest BCUT2D eigenvalue weighted by Crippen LogP contribution is -2.48. The SMILES string of the molecule is C=CCN1C(=O)CC(C)C(CCCCC)C1=O. The van der Waals surface area contributed by atoms with Crippen LogP contribution in [-0.2, 0) is 9.59 Å². The highest BCUT2D eigenvalue weighted by molar-refractivity contribution is 5.99. The molecule has 0 saturated carbocycles. The number of amides is 2. The molecule has 0 aromatic carbocycles. The van der Waals surface area contributed by atoms with E-state index in [1.165, 1.54) is 4.90 Å². The number of hydrogen-bond acceptors (Lipinski definition) is 2. The molecule has 1 aliphatic heterocycles. The first-order valence-corrected chi connectivity index (χ1v) is 6.56. The quantitative estimate of drug-likeness (QED) is 0.404. The smallest absolute Gasteiger partial charge is 0.232 e. The van der Waals surface area contributed by atoms with Crippen molar-refractivity contribution in [2.24, 2.45) is 11.8 Å². The van der Waals surface area contributed by atoms with Crippen molar-refractivity contribution in [1.82, 2.24) is 4.90 Å². The second-order valence-corrected chi connectivity index (χ2v) is 4.91. The average Bonchev–Trinajstić information content (AvgIpc) is 2.29. The standard InChI is InChI=1S/C14H23NO2/c1-4-6-7-8-12-11(3)10-13(16)15(9-5-2)14(12)17/h5,11-12H,2,4,6-10H2,1,3H3. The van der Waals surface area contributed by atoms with Crippen LogP contribution < -0.4 is 0 Å². The van der Waals surface area contributed by atoms with Crippen LogP contribution in [0.15, 0.2) is 12.7 Å². The van der Waals surface area contributed by atoms with Crippen LogP contribution in [0.4, 0.5) is 0 Å². The van der Waals surface area contributed by atoms with Gasteiger partial charge in [-0.2, -0.15) is 0 Å². The summed E-state index contributed by atoms with van der Waals surface area (Å²) in [6.45, 7) is 8.12. The molecule has 0 N–H and O–H groups in total. The van der Waals surface area contributed by atoms with Gasteiger partial charge in [0, 0.05) is 18.9 Å². The van der Waals surface area contributed by atoms with E-state index >= 15 is 0 Å². The Morgan fingerprint density at radius 2 is 2.12 bits per heavy atom. The van der Waals surface area contributed by atoms with Crippen LogP contribution in [0.3, 0.4) is 0 Å². The van der Waals surface area contributed by atoms with Gasteiger partial charge in [0.05, 0.1) is 0 Å². The molecule has 0 aromatic rings.